The number of hydrogen-bond donors (Lipinski definition) is 2. The minimum Gasteiger partial charge on any atom is -0.465 e. The third kappa shape index (κ3) is 2.76. The number of esters is 1. The van der Waals surface area contributed by atoms with Crippen LogP contribution in [0.15, 0.2) is 30.5 Å². The molecule has 6 nitrogen and oxygen atoms in total. The summed E-state index contributed by atoms with van der Waals surface area (Å²) in [6.07, 6.45) is 1.40. The van der Waals surface area contributed by atoms with Crippen LogP contribution in [0.5, 0.6) is 0 Å². The molecule has 0 unspecified atom stereocenters. The SMILES string of the molecule is COC(=O)c1ccc(F)c(NC(=O)c2ccn[nH]2)c1. The van der Waals surface area contributed by atoms with Crippen molar-refractivity contribution >= 4 is 17.6 Å². The molecule has 7 heteroatoms. The molecule has 0 aliphatic rings. The summed E-state index contributed by atoms with van der Waals surface area (Å²) in [7, 11) is 1.22. The number of halogens is 1. The second-order valence-electron chi connectivity index (χ2n) is 3.61. The predicted molar refractivity (Wildman–Crippen MR) is 64.3 cm³/mol. The molecule has 0 radical (unpaired) electrons. The van der Waals surface area contributed by atoms with Crippen molar-refractivity contribution in [2.75, 3.05) is 12.4 Å². The van der Waals surface area contributed by atoms with E-state index in [9.17, 15) is 14.0 Å². The predicted octanol–water partition coefficient (Wildman–Crippen LogP) is 1.59. The lowest BCUT2D eigenvalue weighted by Crippen LogP contribution is -2.14. The Morgan fingerprint density at radius 2 is 2.16 bits per heavy atom. The first-order valence-electron chi connectivity index (χ1n) is 5.30. The summed E-state index contributed by atoms with van der Waals surface area (Å²) in [5.74, 6) is -1.82. The average molecular weight is 263 g/mol. The summed E-state index contributed by atoms with van der Waals surface area (Å²) in [6, 6.07) is 4.99. The van der Waals surface area contributed by atoms with Gasteiger partial charge in [0, 0.05) is 6.20 Å². The van der Waals surface area contributed by atoms with Gasteiger partial charge in [-0.05, 0) is 24.3 Å². The Balaban J connectivity index is 2.24. The van der Waals surface area contributed by atoms with Crippen LogP contribution in [0.4, 0.5) is 10.1 Å². The van der Waals surface area contributed by atoms with Crippen molar-refractivity contribution in [3.05, 3.63) is 47.5 Å². The highest BCUT2D eigenvalue weighted by Crippen LogP contribution is 2.17. The lowest BCUT2D eigenvalue weighted by Gasteiger charge is -2.07. The number of nitrogens with one attached hydrogen (secondary N) is 2. The fourth-order valence-electron chi connectivity index (χ4n) is 1.44. The number of H-pyrrole nitrogens is 1. The second kappa shape index (κ2) is 5.30. The molecular formula is C12H10FN3O3. The largest absolute Gasteiger partial charge is 0.465 e. The molecule has 0 aliphatic carbocycles. The van der Waals surface area contributed by atoms with Gasteiger partial charge in [-0.25, -0.2) is 9.18 Å². The van der Waals surface area contributed by atoms with E-state index in [1.807, 2.05) is 0 Å². The van der Waals surface area contributed by atoms with Crippen molar-refractivity contribution in [2.24, 2.45) is 0 Å². The van der Waals surface area contributed by atoms with Crippen LogP contribution in [0.3, 0.4) is 0 Å². The molecule has 98 valence electrons. The molecule has 0 aliphatic heterocycles. The van der Waals surface area contributed by atoms with E-state index in [0.717, 1.165) is 6.07 Å². The summed E-state index contributed by atoms with van der Waals surface area (Å²) in [5.41, 5.74) is 0.217. The Morgan fingerprint density at radius 3 is 2.79 bits per heavy atom. The van der Waals surface area contributed by atoms with Gasteiger partial charge in [0.2, 0.25) is 0 Å². The highest BCUT2D eigenvalue weighted by atomic mass is 19.1. The maximum atomic E-state index is 13.5. The zero-order valence-corrected chi connectivity index (χ0v) is 9.94. The fourth-order valence-corrected chi connectivity index (χ4v) is 1.44. The first-order chi connectivity index (χ1) is 9.11. The van der Waals surface area contributed by atoms with E-state index in [2.05, 4.69) is 20.3 Å². The number of ether oxygens (including phenoxy) is 1. The quantitative estimate of drug-likeness (QED) is 0.823. The highest BCUT2D eigenvalue weighted by molar-refractivity contribution is 6.03. The Labute approximate surface area is 107 Å². The molecule has 1 aromatic carbocycles. The average Bonchev–Trinajstić information content (AvgIpc) is 2.94. The maximum Gasteiger partial charge on any atom is 0.337 e. The van der Waals surface area contributed by atoms with Crippen LogP contribution in [0.25, 0.3) is 0 Å². The van der Waals surface area contributed by atoms with Crippen molar-refractivity contribution in [3.8, 4) is 0 Å². The number of benzene rings is 1. The molecule has 0 atom stereocenters. The van der Waals surface area contributed by atoms with Gasteiger partial charge >= 0.3 is 5.97 Å². The molecule has 2 aromatic rings. The number of aromatic amines is 1. The molecule has 0 saturated heterocycles. The van der Waals surface area contributed by atoms with E-state index in [0.29, 0.717) is 0 Å². The van der Waals surface area contributed by atoms with Gasteiger partial charge < -0.3 is 10.1 Å². The van der Waals surface area contributed by atoms with Gasteiger partial charge in [-0.1, -0.05) is 0 Å². The van der Waals surface area contributed by atoms with Crippen molar-refractivity contribution < 1.29 is 18.7 Å². The Hall–Kier alpha value is -2.70. The number of carbonyl (C=O) groups is 2. The molecule has 2 N–H and O–H groups in total. The zero-order valence-electron chi connectivity index (χ0n) is 9.94. The number of amides is 1. The maximum absolute atomic E-state index is 13.5. The number of methoxy groups -OCH3 is 1. The van der Waals surface area contributed by atoms with E-state index < -0.39 is 17.7 Å². The van der Waals surface area contributed by atoms with E-state index >= 15 is 0 Å². The Kier molecular flexibility index (Phi) is 3.56. The summed E-state index contributed by atoms with van der Waals surface area (Å²) in [6.45, 7) is 0. The van der Waals surface area contributed by atoms with E-state index in [1.165, 1.54) is 31.5 Å². The lowest BCUT2D eigenvalue weighted by molar-refractivity contribution is 0.0600. The van der Waals surface area contributed by atoms with Gasteiger partial charge in [0.15, 0.2) is 0 Å². The molecule has 0 spiro atoms. The van der Waals surface area contributed by atoms with Crippen LogP contribution in [-0.2, 0) is 4.74 Å². The Bertz CT molecular complexity index is 611. The third-order valence-corrected chi connectivity index (χ3v) is 2.38. The van der Waals surface area contributed by atoms with Crippen molar-refractivity contribution in [2.45, 2.75) is 0 Å². The van der Waals surface area contributed by atoms with Crippen LogP contribution in [-0.4, -0.2) is 29.2 Å². The number of carbonyl (C=O) groups excluding carboxylic acids is 2. The first-order valence-corrected chi connectivity index (χ1v) is 5.30. The normalized spacial score (nSPS) is 10.0. The van der Waals surface area contributed by atoms with E-state index in [1.54, 1.807) is 0 Å². The number of nitrogens with zero attached hydrogens (tertiary/aromatic N) is 1. The molecule has 0 fully saturated rings. The number of hydrogen-bond acceptors (Lipinski definition) is 4. The van der Waals surface area contributed by atoms with Gasteiger partial charge in [0.1, 0.15) is 11.5 Å². The lowest BCUT2D eigenvalue weighted by atomic mass is 10.2. The van der Waals surface area contributed by atoms with Gasteiger partial charge in [-0.2, -0.15) is 5.10 Å². The molecule has 1 amide bonds. The molecule has 19 heavy (non-hydrogen) atoms. The topological polar surface area (TPSA) is 84.1 Å². The molecule has 1 aromatic heterocycles. The molecule has 2 rings (SSSR count). The first kappa shape index (κ1) is 12.7. The second-order valence-corrected chi connectivity index (χ2v) is 3.61. The summed E-state index contributed by atoms with van der Waals surface area (Å²) >= 11 is 0. The monoisotopic (exact) mass is 263 g/mol. The molecule has 0 bridgehead atoms. The van der Waals surface area contributed by atoms with Gasteiger partial charge in [-0.3, -0.25) is 9.89 Å². The van der Waals surface area contributed by atoms with Crippen molar-refractivity contribution in [1.29, 1.82) is 0 Å². The van der Waals surface area contributed by atoms with Crippen LogP contribution in [0.2, 0.25) is 0 Å². The third-order valence-electron chi connectivity index (χ3n) is 2.38. The zero-order chi connectivity index (χ0) is 13.8. The molecule has 1 heterocycles. The molecular weight excluding hydrogens is 253 g/mol. The smallest absolute Gasteiger partial charge is 0.337 e. The standard InChI is InChI=1S/C12H10FN3O3/c1-19-12(18)7-2-3-8(13)10(6-7)15-11(17)9-4-5-14-16-9/h2-6H,1H3,(H,14,16)(H,15,17). The summed E-state index contributed by atoms with van der Waals surface area (Å²) < 4.78 is 18.1. The van der Waals surface area contributed by atoms with E-state index in [-0.39, 0.29) is 16.9 Å². The molecule has 0 saturated carbocycles. The van der Waals surface area contributed by atoms with Gasteiger partial charge in [0.05, 0.1) is 18.4 Å². The van der Waals surface area contributed by atoms with Crippen molar-refractivity contribution in [3.63, 3.8) is 0 Å². The highest BCUT2D eigenvalue weighted by Gasteiger charge is 2.13. The van der Waals surface area contributed by atoms with Gasteiger partial charge in [0.25, 0.3) is 5.91 Å². The Morgan fingerprint density at radius 1 is 1.37 bits per heavy atom. The van der Waals surface area contributed by atoms with Crippen LogP contribution < -0.4 is 5.32 Å². The summed E-state index contributed by atoms with van der Waals surface area (Å²) in [4.78, 5) is 23.0. The number of rotatable bonds is 3. The van der Waals surface area contributed by atoms with Crippen LogP contribution in [0, 0.1) is 5.82 Å². The van der Waals surface area contributed by atoms with Crippen molar-refractivity contribution in [1.82, 2.24) is 10.2 Å². The minimum atomic E-state index is -0.652. The number of aromatic nitrogens is 2. The van der Waals surface area contributed by atoms with Gasteiger partial charge in [-0.15, -0.1) is 0 Å². The number of anilines is 1. The summed E-state index contributed by atoms with van der Waals surface area (Å²) in [5, 5.41) is 8.40. The fraction of sp³-hybridized carbons (Fsp3) is 0.0833. The van der Waals surface area contributed by atoms with Crippen LogP contribution in [0.1, 0.15) is 20.8 Å². The van der Waals surface area contributed by atoms with Crippen LogP contribution >= 0.6 is 0 Å². The minimum absolute atomic E-state index is 0.109. The van der Waals surface area contributed by atoms with E-state index in [4.69, 9.17) is 0 Å².